The molecule has 2 aromatic rings. The van der Waals surface area contributed by atoms with E-state index < -0.39 is 16.6 Å². The average molecular weight is 405 g/mol. The van der Waals surface area contributed by atoms with E-state index in [2.05, 4.69) is 14.8 Å². The molecule has 0 aliphatic carbocycles. The van der Waals surface area contributed by atoms with Crippen LogP contribution in [0.2, 0.25) is 5.02 Å². The fourth-order valence-electron chi connectivity index (χ4n) is 2.00. The number of hydrogen-bond acceptors (Lipinski definition) is 4. The zero-order valence-corrected chi connectivity index (χ0v) is 15.1. The van der Waals surface area contributed by atoms with Crippen molar-refractivity contribution in [3.8, 4) is 5.75 Å². The van der Waals surface area contributed by atoms with Crippen molar-refractivity contribution in [1.29, 1.82) is 0 Å². The van der Waals surface area contributed by atoms with E-state index in [9.17, 15) is 22.0 Å². The van der Waals surface area contributed by atoms with Crippen LogP contribution >= 0.6 is 11.6 Å². The minimum Gasteiger partial charge on any atom is -0.435 e. The Hall–Kier alpha value is -2.23. The molecule has 0 fully saturated rings. The number of nitrogens with one attached hydrogen (secondary N) is 2. The maximum atomic E-state index is 12.3. The molecule has 0 atom stereocenters. The van der Waals surface area contributed by atoms with E-state index >= 15 is 0 Å². The van der Waals surface area contributed by atoms with Gasteiger partial charge in [0.15, 0.2) is 0 Å². The molecule has 10 heteroatoms. The molecule has 26 heavy (non-hydrogen) atoms. The largest absolute Gasteiger partial charge is 0.435 e. The van der Waals surface area contributed by atoms with Crippen LogP contribution in [0.5, 0.6) is 5.75 Å². The van der Waals surface area contributed by atoms with Gasteiger partial charge in [0.05, 0.1) is 15.6 Å². The molecule has 2 N–H and O–H groups in total. The summed E-state index contributed by atoms with van der Waals surface area (Å²) in [4.78, 5) is 11.0. The summed E-state index contributed by atoms with van der Waals surface area (Å²) >= 11 is 5.97. The topological polar surface area (TPSA) is 84.5 Å². The monoisotopic (exact) mass is 404 g/mol. The molecule has 0 radical (unpaired) electrons. The second kappa shape index (κ2) is 8.43. The van der Waals surface area contributed by atoms with E-state index in [1.54, 1.807) is 0 Å². The van der Waals surface area contributed by atoms with E-state index in [-0.39, 0.29) is 28.1 Å². The first-order valence-electron chi connectivity index (χ1n) is 7.28. The number of alkyl halides is 2. The third kappa shape index (κ3) is 5.65. The van der Waals surface area contributed by atoms with Gasteiger partial charge < -0.3 is 10.1 Å². The predicted molar refractivity (Wildman–Crippen MR) is 92.9 cm³/mol. The van der Waals surface area contributed by atoms with Gasteiger partial charge in [-0.15, -0.1) is 0 Å². The highest BCUT2D eigenvalue weighted by molar-refractivity contribution is 7.89. The lowest BCUT2D eigenvalue weighted by molar-refractivity contribution is -0.114. The zero-order valence-electron chi connectivity index (χ0n) is 13.5. The Bertz CT molecular complexity index is 890. The number of hydrogen-bond donors (Lipinski definition) is 2. The molecule has 0 unspecified atom stereocenters. The first kappa shape index (κ1) is 20.1. The van der Waals surface area contributed by atoms with Crippen molar-refractivity contribution in [1.82, 2.24) is 4.72 Å². The van der Waals surface area contributed by atoms with Crippen LogP contribution in [-0.4, -0.2) is 20.9 Å². The molecule has 0 heterocycles. The van der Waals surface area contributed by atoms with Gasteiger partial charge in [0.2, 0.25) is 15.9 Å². The van der Waals surface area contributed by atoms with Crippen molar-refractivity contribution in [2.45, 2.75) is 25.0 Å². The van der Waals surface area contributed by atoms with Crippen LogP contribution in [0.3, 0.4) is 0 Å². The van der Waals surface area contributed by atoms with Crippen LogP contribution in [0.1, 0.15) is 12.5 Å². The SMILES string of the molecule is CC(=O)Nc1ccc(S(=O)(=O)NCc2ccc(OC(F)F)cc2)cc1Cl. The predicted octanol–water partition coefficient (Wildman–Crippen LogP) is 3.38. The fraction of sp³-hybridized carbons (Fsp3) is 0.188. The maximum Gasteiger partial charge on any atom is 0.387 e. The summed E-state index contributed by atoms with van der Waals surface area (Å²) in [6.45, 7) is -1.67. The highest BCUT2D eigenvalue weighted by Crippen LogP contribution is 2.25. The molecule has 2 aromatic carbocycles. The van der Waals surface area contributed by atoms with Crippen LogP contribution in [0.15, 0.2) is 47.4 Å². The molecule has 0 saturated carbocycles. The van der Waals surface area contributed by atoms with Crippen molar-refractivity contribution in [3.05, 3.63) is 53.1 Å². The summed E-state index contributed by atoms with van der Waals surface area (Å²) in [5, 5.41) is 2.56. The van der Waals surface area contributed by atoms with E-state index in [1.807, 2.05) is 0 Å². The molecule has 6 nitrogen and oxygen atoms in total. The second-order valence-electron chi connectivity index (χ2n) is 5.17. The number of halogens is 3. The van der Waals surface area contributed by atoms with Crippen LogP contribution < -0.4 is 14.8 Å². The fourth-order valence-corrected chi connectivity index (χ4v) is 3.34. The number of amides is 1. The number of anilines is 1. The molecular weight excluding hydrogens is 390 g/mol. The van der Waals surface area contributed by atoms with Crippen molar-refractivity contribution in [2.75, 3.05) is 5.32 Å². The first-order chi connectivity index (χ1) is 12.2. The average Bonchev–Trinajstić information content (AvgIpc) is 2.55. The molecule has 0 spiro atoms. The number of sulfonamides is 1. The normalized spacial score (nSPS) is 11.4. The van der Waals surface area contributed by atoms with Gasteiger partial charge in [0.1, 0.15) is 5.75 Å². The Balaban J connectivity index is 2.06. The molecule has 140 valence electrons. The van der Waals surface area contributed by atoms with Gasteiger partial charge in [0.25, 0.3) is 0 Å². The molecule has 0 aromatic heterocycles. The summed E-state index contributed by atoms with van der Waals surface area (Å²) in [5.74, 6) is -0.355. The van der Waals surface area contributed by atoms with Crippen molar-refractivity contribution in [2.24, 2.45) is 0 Å². The van der Waals surface area contributed by atoms with Gasteiger partial charge in [0, 0.05) is 13.5 Å². The van der Waals surface area contributed by atoms with E-state index in [0.717, 1.165) is 0 Å². The number of carbonyl (C=O) groups is 1. The maximum absolute atomic E-state index is 12.3. The molecule has 1 amide bonds. The molecule has 0 aliphatic heterocycles. The number of carbonyl (C=O) groups excluding carboxylic acids is 1. The highest BCUT2D eigenvalue weighted by atomic mass is 35.5. The summed E-state index contributed by atoms with van der Waals surface area (Å²) in [6, 6.07) is 9.46. The number of benzene rings is 2. The van der Waals surface area contributed by atoms with Crippen molar-refractivity contribution >= 4 is 33.2 Å². The number of rotatable bonds is 7. The highest BCUT2D eigenvalue weighted by Gasteiger charge is 2.16. The smallest absolute Gasteiger partial charge is 0.387 e. The molecular formula is C16H15ClF2N2O4S. The standard InChI is InChI=1S/C16H15ClF2N2O4S/c1-10(22)21-15-7-6-13(8-14(15)17)26(23,24)20-9-11-2-4-12(5-3-11)25-16(18)19/h2-8,16,20H,9H2,1H3,(H,21,22). The molecule has 0 saturated heterocycles. The van der Waals surface area contributed by atoms with Crippen molar-refractivity contribution in [3.63, 3.8) is 0 Å². The summed E-state index contributed by atoms with van der Waals surface area (Å²) in [5.41, 5.74) is 0.851. The van der Waals surface area contributed by atoms with Crippen molar-refractivity contribution < 1.29 is 26.7 Å². The summed E-state index contributed by atoms with van der Waals surface area (Å²) < 4.78 is 55.4. The van der Waals surface area contributed by atoms with E-state index in [4.69, 9.17) is 11.6 Å². The second-order valence-corrected chi connectivity index (χ2v) is 7.34. The minimum atomic E-state index is -3.85. The summed E-state index contributed by atoms with van der Waals surface area (Å²) in [6.07, 6.45) is 0. The van der Waals surface area contributed by atoms with Gasteiger partial charge in [-0.3, -0.25) is 4.79 Å². The van der Waals surface area contributed by atoms with Crippen LogP contribution in [0.4, 0.5) is 14.5 Å². The Morgan fingerprint density at radius 2 is 1.85 bits per heavy atom. The summed E-state index contributed by atoms with van der Waals surface area (Å²) in [7, 11) is -3.85. The van der Waals surface area contributed by atoms with Gasteiger partial charge in [-0.25, -0.2) is 13.1 Å². The molecule has 0 bridgehead atoms. The van der Waals surface area contributed by atoms with Crippen LogP contribution in [0.25, 0.3) is 0 Å². The lowest BCUT2D eigenvalue weighted by Gasteiger charge is -2.10. The van der Waals surface area contributed by atoms with Gasteiger partial charge in [-0.05, 0) is 35.9 Å². The number of ether oxygens (including phenoxy) is 1. The van der Waals surface area contributed by atoms with Gasteiger partial charge in [-0.2, -0.15) is 8.78 Å². The molecule has 0 aliphatic rings. The Morgan fingerprint density at radius 1 is 1.19 bits per heavy atom. The first-order valence-corrected chi connectivity index (χ1v) is 9.14. The zero-order chi connectivity index (χ0) is 19.3. The lowest BCUT2D eigenvalue weighted by atomic mass is 10.2. The van der Waals surface area contributed by atoms with Gasteiger partial charge >= 0.3 is 6.61 Å². The Labute approximate surface area is 154 Å². The van der Waals surface area contributed by atoms with Crippen LogP contribution in [0, 0.1) is 0 Å². The van der Waals surface area contributed by atoms with Gasteiger partial charge in [-0.1, -0.05) is 23.7 Å². The Kier molecular flexibility index (Phi) is 6.52. The molecule has 2 rings (SSSR count). The Morgan fingerprint density at radius 3 is 2.38 bits per heavy atom. The van der Waals surface area contributed by atoms with Crippen LogP contribution in [-0.2, 0) is 21.4 Å². The third-order valence-corrected chi connectivity index (χ3v) is 4.89. The quantitative estimate of drug-likeness (QED) is 0.741. The van der Waals surface area contributed by atoms with E-state index in [1.165, 1.54) is 49.4 Å². The lowest BCUT2D eigenvalue weighted by Crippen LogP contribution is -2.23. The van der Waals surface area contributed by atoms with E-state index in [0.29, 0.717) is 11.3 Å². The minimum absolute atomic E-state index is 0.0213. The third-order valence-electron chi connectivity index (χ3n) is 3.18.